The number of hydrogen-bond donors (Lipinski definition) is 3. The summed E-state index contributed by atoms with van der Waals surface area (Å²) in [5, 5.41) is 7.37. The highest BCUT2D eigenvalue weighted by Gasteiger charge is 2.04. The van der Waals surface area contributed by atoms with Gasteiger partial charge in [0.15, 0.2) is 0 Å². The number of aromatic nitrogens is 1. The fourth-order valence-electron chi connectivity index (χ4n) is 2.33. The lowest BCUT2D eigenvalue weighted by molar-refractivity contribution is -0.120. The van der Waals surface area contributed by atoms with Crippen molar-refractivity contribution in [3.63, 3.8) is 0 Å². The highest BCUT2D eigenvalue weighted by molar-refractivity contribution is 5.83. The molecule has 21 heavy (non-hydrogen) atoms. The smallest absolute Gasteiger partial charge is 0.233 e. The van der Waals surface area contributed by atoms with Gasteiger partial charge in [-0.3, -0.25) is 4.79 Å². The Morgan fingerprint density at radius 1 is 1.24 bits per heavy atom. The molecule has 0 saturated carbocycles. The van der Waals surface area contributed by atoms with E-state index in [4.69, 9.17) is 0 Å². The Labute approximate surface area is 126 Å². The first-order valence-corrected chi connectivity index (χ1v) is 7.69. The van der Waals surface area contributed by atoms with Gasteiger partial charge in [0.1, 0.15) is 0 Å². The first-order valence-electron chi connectivity index (χ1n) is 7.69. The number of nitrogens with one attached hydrogen (secondary N) is 3. The van der Waals surface area contributed by atoms with E-state index in [9.17, 15) is 4.79 Å². The summed E-state index contributed by atoms with van der Waals surface area (Å²) >= 11 is 0. The molecule has 2 rings (SSSR count). The van der Waals surface area contributed by atoms with Crippen molar-refractivity contribution in [2.24, 2.45) is 5.92 Å². The van der Waals surface area contributed by atoms with E-state index in [2.05, 4.69) is 41.6 Å². The lowest BCUT2D eigenvalue weighted by Crippen LogP contribution is -2.35. The van der Waals surface area contributed by atoms with Crippen LogP contribution in [0, 0.1) is 5.92 Å². The molecule has 0 spiro atoms. The van der Waals surface area contributed by atoms with Gasteiger partial charge in [0.25, 0.3) is 0 Å². The van der Waals surface area contributed by atoms with E-state index in [-0.39, 0.29) is 5.91 Å². The van der Waals surface area contributed by atoms with E-state index in [1.165, 1.54) is 10.9 Å². The van der Waals surface area contributed by atoms with Crippen LogP contribution in [-0.4, -0.2) is 30.5 Å². The van der Waals surface area contributed by atoms with Crippen molar-refractivity contribution < 1.29 is 4.79 Å². The Bertz CT molecular complexity index is 574. The van der Waals surface area contributed by atoms with Crippen LogP contribution in [0.15, 0.2) is 30.5 Å². The summed E-state index contributed by atoms with van der Waals surface area (Å²) in [5.41, 5.74) is 2.40. The Kier molecular flexibility index (Phi) is 5.81. The van der Waals surface area contributed by atoms with Crippen LogP contribution >= 0.6 is 0 Å². The zero-order valence-electron chi connectivity index (χ0n) is 12.9. The summed E-state index contributed by atoms with van der Waals surface area (Å²) in [6.45, 7) is 6.34. The molecule has 0 saturated heterocycles. The topological polar surface area (TPSA) is 56.9 Å². The molecule has 4 heteroatoms. The molecule has 3 N–H and O–H groups in total. The quantitative estimate of drug-likeness (QED) is 0.653. The van der Waals surface area contributed by atoms with Crippen LogP contribution in [0.5, 0.6) is 0 Å². The fraction of sp³-hybridized carbons (Fsp3) is 0.471. The average Bonchev–Trinajstić information content (AvgIpc) is 2.87. The molecule has 2 aromatic rings. The predicted molar refractivity (Wildman–Crippen MR) is 87.3 cm³/mol. The second kappa shape index (κ2) is 7.84. The molecule has 4 nitrogen and oxygen atoms in total. The van der Waals surface area contributed by atoms with E-state index >= 15 is 0 Å². The third-order valence-corrected chi connectivity index (χ3v) is 3.58. The molecule has 0 bridgehead atoms. The molecule has 1 aromatic heterocycles. The van der Waals surface area contributed by atoms with Gasteiger partial charge in [0, 0.05) is 23.6 Å². The maximum atomic E-state index is 11.7. The largest absolute Gasteiger partial charge is 0.361 e. The molecule has 1 heterocycles. The van der Waals surface area contributed by atoms with Crippen molar-refractivity contribution in [1.82, 2.24) is 15.6 Å². The number of benzene rings is 1. The number of H-pyrrole nitrogens is 1. The zero-order valence-corrected chi connectivity index (χ0v) is 12.9. The highest BCUT2D eigenvalue weighted by atomic mass is 16.1. The monoisotopic (exact) mass is 287 g/mol. The second-order valence-electron chi connectivity index (χ2n) is 5.82. The highest BCUT2D eigenvalue weighted by Crippen LogP contribution is 2.17. The molecule has 1 aromatic carbocycles. The molecule has 0 radical (unpaired) electrons. The number of para-hydroxylation sites is 1. The van der Waals surface area contributed by atoms with Crippen molar-refractivity contribution in [1.29, 1.82) is 0 Å². The van der Waals surface area contributed by atoms with Crippen molar-refractivity contribution in [3.05, 3.63) is 36.0 Å². The van der Waals surface area contributed by atoms with E-state index in [0.29, 0.717) is 19.0 Å². The van der Waals surface area contributed by atoms with Crippen LogP contribution in [0.2, 0.25) is 0 Å². The van der Waals surface area contributed by atoms with Gasteiger partial charge in [-0.25, -0.2) is 0 Å². The van der Waals surface area contributed by atoms with Crippen LogP contribution in [0.1, 0.15) is 25.8 Å². The molecular formula is C17H25N3O. The maximum Gasteiger partial charge on any atom is 0.233 e. The van der Waals surface area contributed by atoms with Gasteiger partial charge in [-0.15, -0.1) is 0 Å². The van der Waals surface area contributed by atoms with Crippen molar-refractivity contribution in [2.75, 3.05) is 19.6 Å². The fourth-order valence-corrected chi connectivity index (χ4v) is 2.33. The Morgan fingerprint density at radius 2 is 2.05 bits per heavy atom. The Balaban J connectivity index is 1.68. The first kappa shape index (κ1) is 15.6. The standard InChI is InChI=1S/C17H25N3O/c1-13(2)7-9-18-12-17(21)19-10-8-14-11-20-16-6-4-3-5-15(14)16/h3-6,11,13,18,20H,7-10,12H2,1-2H3,(H,19,21). The van der Waals surface area contributed by atoms with Crippen molar-refractivity contribution in [2.45, 2.75) is 26.7 Å². The zero-order chi connectivity index (χ0) is 15.1. The Morgan fingerprint density at radius 3 is 2.86 bits per heavy atom. The summed E-state index contributed by atoms with van der Waals surface area (Å²) in [6.07, 6.45) is 3.97. The van der Waals surface area contributed by atoms with Crippen LogP contribution in [0.3, 0.4) is 0 Å². The summed E-state index contributed by atoms with van der Waals surface area (Å²) in [7, 11) is 0. The van der Waals surface area contributed by atoms with Crippen LogP contribution in [0.4, 0.5) is 0 Å². The number of hydrogen-bond acceptors (Lipinski definition) is 2. The minimum Gasteiger partial charge on any atom is -0.361 e. The number of rotatable bonds is 8. The Hall–Kier alpha value is -1.81. The normalized spacial score (nSPS) is 11.2. The SMILES string of the molecule is CC(C)CCNCC(=O)NCCc1c[nH]c2ccccc12. The van der Waals surface area contributed by atoms with Gasteiger partial charge in [-0.2, -0.15) is 0 Å². The molecule has 0 aliphatic heterocycles. The van der Waals surface area contributed by atoms with Crippen LogP contribution in [0.25, 0.3) is 10.9 Å². The minimum absolute atomic E-state index is 0.0681. The van der Waals surface area contributed by atoms with E-state index < -0.39 is 0 Å². The second-order valence-corrected chi connectivity index (χ2v) is 5.82. The van der Waals surface area contributed by atoms with Gasteiger partial charge in [-0.05, 0) is 36.9 Å². The van der Waals surface area contributed by atoms with E-state index in [0.717, 1.165) is 24.9 Å². The average molecular weight is 287 g/mol. The summed E-state index contributed by atoms with van der Waals surface area (Å²) in [4.78, 5) is 15.0. The number of aromatic amines is 1. The summed E-state index contributed by atoms with van der Waals surface area (Å²) in [5.74, 6) is 0.737. The molecule has 0 unspecified atom stereocenters. The number of amides is 1. The van der Waals surface area contributed by atoms with E-state index in [1.807, 2.05) is 18.3 Å². The molecule has 0 atom stereocenters. The first-order chi connectivity index (χ1) is 10.2. The van der Waals surface area contributed by atoms with Gasteiger partial charge >= 0.3 is 0 Å². The van der Waals surface area contributed by atoms with Crippen molar-refractivity contribution in [3.8, 4) is 0 Å². The maximum absolute atomic E-state index is 11.7. The molecule has 0 fully saturated rings. The predicted octanol–water partition coefficient (Wildman–Crippen LogP) is 2.46. The summed E-state index contributed by atoms with van der Waals surface area (Å²) < 4.78 is 0. The molecule has 1 amide bonds. The lowest BCUT2D eigenvalue weighted by Gasteiger charge is -2.08. The van der Waals surface area contributed by atoms with Gasteiger partial charge in [0.05, 0.1) is 6.54 Å². The lowest BCUT2D eigenvalue weighted by atomic mass is 10.1. The van der Waals surface area contributed by atoms with Crippen LogP contribution in [-0.2, 0) is 11.2 Å². The molecule has 114 valence electrons. The number of carbonyl (C=O) groups excluding carboxylic acids is 1. The summed E-state index contributed by atoms with van der Waals surface area (Å²) in [6, 6.07) is 8.23. The minimum atomic E-state index is 0.0681. The van der Waals surface area contributed by atoms with Crippen molar-refractivity contribution >= 4 is 16.8 Å². The number of fused-ring (bicyclic) bond motifs is 1. The third-order valence-electron chi connectivity index (χ3n) is 3.58. The van der Waals surface area contributed by atoms with Gasteiger partial charge < -0.3 is 15.6 Å². The van der Waals surface area contributed by atoms with E-state index in [1.54, 1.807) is 0 Å². The number of carbonyl (C=O) groups is 1. The molecule has 0 aliphatic carbocycles. The van der Waals surface area contributed by atoms with Gasteiger partial charge in [-0.1, -0.05) is 32.0 Å². The molecule has 0 aliphatic rings. The van der Waals surface area contributed by atoms with Gasteiger partial charge in [0.2, 0.25) is 5.91 Å². The third kappa shape index (κ3) is 4.90. The van der Waals surface area contributed by atoms with Crippen LogP contribution < -0.4 is 10.6 Å². The molecular weight excluding hydrogens is 262 g/mol.